The molecule has 2 aromatic heterocycles. The molecular formula is C22H22N6OS. The van der Waals surface area contributed by atoms with E-state index >= 15 is 0 Å². The van der Waals surface area contributed by atoms with Crippen LogP contribution in [-0.2, 0) is 4.79 Å². The Morgan fingerprint density at radius 2 is 1.67 bits per heavy atom. The minimum absolute atomic E-state index is 0.0490. The summed E-state index contributed by atoms with van der Waals surface area (Å²) in [6.45, 7) is 3.86. The summed E-state index contributed by atoms with van der Waals surface area (Å²) in [6, 6.07) is 19.8. The number of aryl methyl sites for hydroxylation is 1. The van der Waals surface area contributed by atoms with E-state index in [2.05, 4.69) is 20.6 Å². The van der Waals surface area contributed by atoms with Gasteiger partial charge in [-0.1, -0.05) is 48.2 Å². The highest BCUT2D eigenvalue weighted by Gasteiger charge is 2.15. The van der Waals surface area contributed by atoms with Gasteiger partial charge in [-0.3, -0.25) is 9.36 Å². The van der Waals surface area contributed by atoms with Gasteiger partial charge in [-0.25, -0.2) is 4.68 Å². The monoisotopic (exact) mass is 418 g/mol. The molecule has 0 saturated carbocycles. The van der Waals surface area contributed by atoms with Crippen LogP contribution in [0.4, 0.5) is 5.69 Å². The molecule has 2 heterocycles. The second kappa shape index (κ2) is 8.96. The smallest absolute Gasteiger partial charge is 0.225 e. The van der Waals surface area contributed by atoms with Crippen LogP contribution in [0, 0.1) is 13.8 Å². The predicted octanol–water partition coefficient (Wildman–Crippen LogP) is 4.19. The number of hydrogen-bond donors (Lipinski definition) is 1. The molecule has 1 amide bonds. The quantitative estimate of drug-likeness (QED) is 0.455. The van der Waals surface area contributed by atoms with Crippen molar-refractivity contribution in [1.29, 1.82) is 0 Å². The highest BCUT2D eigenvalue weighted by Crippen LogP contribution is 2.24. The first-order chi connectivity index (χ1) is 14.6. The van der Waals surface area contributed by atoms with Crippen LogP contribution in [0.25, 0.3) is 11.4 Å². The third-order valence-electron chi connectivity index (χ3n) is 4.67. The van der Waals surface area contributed by atoms with Crippen molar-refractivity contribution in [3.8, 4) is 11.4 Å². The van der Waals surface area contributed by atoms with Gasteiger partial charge in [0.05, 0.1) is 22.8 Å². The third kappa shape index (κ3) is 4.28. The van der Waals surface area contributed by atoms with Crippen LogP contribution < -0.4 is 5.32 Å². The molecule has 2 aromatic carbocycles. The average molecular weight is 419 g/mol. The number of thioether (sulfide) groups is 1. The molecule has 0 aliphatic heterocycles. The second-order valence-corrected chi connectivity index (χ2v) is 7.82. The van der Waals surface area contributed by atoms with Crippen LogP contribution in [0.2, 0.25) is 0 Å². The summed E-state index contributed by atoms with van der Waals surface area (Å²) in [5, 5.41) is 16.5. The number of benzene rings is 2. The number of carbonyl (C=O) groups is 1. The molecule has 8 heteroatoms. The molecule has 4 rings (SSSR count). The normalized spacial score (nSPS) is 10.9. The maximum Gasteiger partial charge on any atom is 0.225 e. The van der Waals surface area contributed by atoms with Crippen molar-refractivity contribution < 1.29 is 4.79 Å². The van der Waals surface area contributed by atoms with Crippen molar-refractivity contribution in [2.75, 3.05) is 11.1 Å². The Kier molecular flexibility index (Phi) is 5.94. The van der Waals surface area contributed by atoms with E-state index in [1.165, 1.54) is 11.8 Å². The summed E-state index contributed by atoms with van der Waals surface area (Å²) in [7, 11) is 0. The topological polar surface area (TPSA) is 77.6 Å². The Hall–Kier alpha value is -3.39. The van der Waals surface area contributed by atoms with Crippen LogP contribution in [0.15, 0.2) is 72.1 Å². The van der Waals surface area contributed by atoms with Crippen LogP contribution in [-0.4, -0.2) is 36.2 Å². The minimum atomic E-state index is -0.0490. The van der Waals surface area contributed by atoms with Crippen molar-refractivity contribution in [2.24, 2.45) is 0 Å². The van der Waals surface area contributed by atoms with Gasteiger partial charge in [0, 0.05) is 17.9 Å². The lowest BCUT2D eigenvalue weighted by atomic mass is 10.3. The zero-order valence-electron chi connectivity index (χ0n) is 16.8. The van der Waals surface area contributed by atoms with Crippen molar-refractivity contribution in [3.63, 3.8) is 0 Å². The number of hydrogen-bond acceptors (Lipinski definition) is 5. The van der Waals surface area contributed by atoms with Crippen molar-refractivity contribution in [1.82, 2.24) is 24.5 Å². The molecule has 0 radical (unpaired) electrons. The van der Waals surface area contributed by atoms with Gasteiger partial charge < -0.3 is 5.32 Å². The van der Waals surface area contributed by atoms with E-state index in [4.69, 9.17) is 0 Å². The predicted molar refractivity (Wildman–Crippen MR) is 118 cm³/mol. The number of aromatic nitrogens is 5. The summed E-state index contributed by atoms with van der Waals surface area (Å²) >= 11 is 1.51. The highest BCUT2D eigenvalue weighted by molar-refractivity contribution is 7.99. The van der Waals surface area contributed by atoms with Crippen molar-refractivity contribution in [3.05, 3.63) is 78.4 Å². The molecule has 4 aromatic rings. The molecule has 0 bridgehead atoms. The fourth-order valence-electron chi connectivity index (χ4n) is 3.17. The summed E-state index contributed by atoms with van der Waals surface area (Å²) in [5.41, 5.74) is 4.43. The standard InChI is InChI=1S/C22H22N6OS/c1-16-21(17(2)28(26-16)19-11-7-4-8-12-19)24-20(29)13-14-30-22-25-23-15-27(22)18-9-5-3-6-10-18/h3-12,15H,13-14H2,1-2H3,(H,24,29). The van der Waals surface area contributed by atoms with E-state index in [0.717, 1.165) is 33.6 Å². The molecule has 0 fully saturated rings. The number of amides is 1. The maximum absolute atomic E-state index is 12.5. The zero-order chi connectivity index (χ0) is 20.9. The lowest BCUT2D eigenvalue weighted by Crippen LogP contribution is -2.13. The lowest BCUT2D eigenvalue weighted by molar-refractivity contribution is -0.115. The Morgan fingerprint density at radius 1 is 1.00 bits per heavy atom. The van der Waals surface area contributed by atoms with E-state index < -0.39 is 0 Å². The first-order valence-corrected chi connectivity index (χ1v) is 10.6. The van der Waals surface area contributed by atoms with Crippen molar-refractivity contribution >= 4 is 23.4 Å². The molecule has 0 atom stereocenters. The maximum atomic E-state index is 12.5. The SMILES string of the molecule is Cc1nn(-c2ccccc2)c(C)c1NC(=O)CCSc1nncn1-c1ccccc1. The van der Waals surface area contributed by atoms with Gasteiger partial charge in [0.1, 0.15) is 6.33 Å². The highest BCUT2D eigenvalue weighted by atomic mass is 32.2. The van der Waals surface area contributed by atoms with Crippen LogP contribution in [0.5, 0.6) is 0 Å². The second-order valence-electron chi connectivity index (χ2n) is 6.76. The summed E-state index contributed by atoms with van der Waals surface area (Å²) in [4.78, 5) is 12.5. The van der Waals surface area contributed by atoms with E-state index in [0.29, 0.717) is 12.2 Å². The Balaban J connectivity index is 1.38. The lowest BCUT2D eigenvalue weighted by Gasteiger charge is -2.08. The fraction of sp³-hybridized carbons (Fsp3) is 0.182. The van der Waals surface area contributed by atoms with Gasteiger partial charge in [-0.15, -0.1) is 10.2 Å². The number of nitrogens with zero attached hydrogens (tertiary/aromatic N) is 5. The van der Waals surface area contributed by atoms with Gasteiger partial charge in [0.25, 0.3) is 0 Å². The van der Waals surface area contributed by atoms with E-state index in [1.54, 1.807) is 6.33 Å². The average Bonchev–Trinajstić information content (AvgIpc) is 3.35. The first kappa shape index (κ1) is 19.9. The Morgan fingerprint density at radius 3 is 2.37 bits per heavy atom. The summed E-state index contributed by atoms with van der Waals surface area (Å²) < 4.78 is 3.77. The molecule has 0 unspecified atom stereocenters. The van der Waals surface area contributed by atoms with Gasteiger partial charge in [-0.05, 0) is 38.1 Å². The van der Waals surface area contributed by atoms with Gasteiger partial charge >= 0.3 is 0 Å². The molecule has 0 aliphatic rings. The minimum Gasteiger partial charge on any atom is -0.323 e. The van der Waals surface area contributed by atoms with E-state index in [-0.39, 0.29) is 5.91 Å². The largest absolute Gasteiger partial charge is 0.323 e. The number of anilines is 1. The Labute approximate surface area is 179 Å². The molecule has 1 N–H and O–H groups in total. The number of nitrogens with one attached hydrogen (secondary N) is 1. The number of carbonyl (C=O) groups excluding carboxylic acids is 1. The van der Waals surface area contributed by atoms with Crippen molar-refractivity contribution in [2.45, 2.75) is 25.4 Å². The molecule has 30 heavy (non-hydrogen) atoms. The molecular weight excluding hydrogens is 396 g/mol. The fourth-order valence-corrected chi connectivity index (χ4v) is 4.04. The molecule has 0 saturated heterocycles. The van der Waals surface area contributed by atoms with Crippen LogP contribution in [0.3, 0.4) is 0 Å². The summed E-state index contributed by atoms with van der Waals surface area (Å²) in [6.07, 6.45) is 2.05. The van der Waals surface area contributed by atoms with Gasteiger partial charge in [0.2, 0.25) is 5.91 Å². The first-order valence-electron chi connectivity index (χ1n) is 9.63. The third-order valence-corrected chi connectivity index (χ3v) is 5.61. The van der Waals surface area contributed by atoms with Crippen LogP contribution >= 0.6 is 11.8 Å². The van der Waals surface area contributed by atoms with E-state index in [9.17, 15) is 4.79 Å². The number of rotatable bonds is 7. The molecule has 7 nitrogen and oxygen atoms in total. The number of para-hydroxylation sites is 2. The Bertz CT molecular complexity index is 1140. The zero-order valence-corrected chi connectivity index (χ0v) is 17.6. The molecule has 152 valence electrons. The summed E-state index contributed by atoms with van der Waals surface area (Å²) in [5.74, 6) is 0.550. The molecule has 0 aliphatic carbocycles. The molecule has 0 spiro atoms. The van der Waals surface area contributed by atoms with Gasteiger partial charge in [-0.2, -0.15) is 5.10 Å². The van der Waals surface area contributed by atoms with E-state index in [1.807, 2.05) is 83.8 Å². The van der Waals surface area contributed by atoms with Crippen LogP contribution in [0.1, 0.15) is 17.8 Å². The van der Waals surface area contributed by atoms with Gasteiger partial charge in [0.15, 0.2) is 5.16 Å².